The molecule has 0 saturated carbocycles. The van der Waals surface area contributed by atoms with Crippen molar-refractivity contribution in [2.75, 3.05) is 0 Å². The van der Waals surface area contributed by atoms with Crippen LogP contribution in [0.3, 0.4) is 0 Å². The molecule has 0 amide bonds. The number of benzene rings is 1. The molecule has 0 saturated heterocycles. The van der Waals surface area contributed by atoms with Gasteiger partial charge in [0, 0.05) is 11.1 Å². The molecule has 1 aromatic carbocycles. The first-order valence-corrected chi connectivity index (χ1v) is 5.08. The van der Waals surface area contributed by atoms with Crippen LogP contribution in [0.25, 0.3) is 5.57 Å². The number of hydrogen-bond donors (Lipinski definition) is 0. The Balaban J connectivity index is 2.58. The molecule has 2 rings (SSSR count). The van der Waals surface area contributed by atoms with Crippen LogP contribution in [0, 0.1) is 0 Å². The third-order valence-corrected chi connectivity index (χ3v) is 2.40. The highest BCUT2D eigenvalue weighted by Gasteiger charge is 2.10. The molecule has 0 spiro atoms. The molecular formula is C14H12O2. The van der Waals surface area contributed by atoms with Crippen LogP contribution in [0.15, 0.2) is 58.7 Å². The summed E-state index contributed by atoms with van der Waals surface area (Å²) in [6, 6.07) is 13.4. The second kappa shape index (κ2) is 4.62. The van der Waals surface area contributed by atoms with Crippen molar-refractivity contribution in [3.63, 3.8) is 0 Å². The fourth-order valence-corrected chi connectivity index (χ4v) is 1.65. The van der Waals surface area contributed by atoms with Gasteiger partial charge >= 0.3 is 0 Å². The van der Waals surface area contributed by atoms with Crippen molar-refractivity contribution in [3.8, 4) is 0 Å². The molecule has 2 nitrogen and oxygen atoms in total. The summed E-state index contributed by atoms with van der Waals surface area (Å²) >= 11 is 0. The van der Waals surface area contributed by atoms with Gasteiger partial charge in [-0.05, 0) is 24.6 Å². The molecule has 1 heterocycles. The van der Waals surface area contributed by atoms with Gasteiger partial charge in [-0.2, -0.15) is 0 Å². The first-order chi connectivity index (χ1) is 7.83. The summed E-state index contributed by atoms with van der Waals surface area (Å²) in [5.74, 6) is 0.718. The van der Waals surface area contributed by atoms with Gasteiger partial charge in [-0.1, -0.05) is 30.3 Å². The van der Waals surface area contributed by atoms with E-state index in [9.17, 15) is 4.79 Å². The van der Waals surface area contributed by atoms with Gasteiger partial charge in [-0.3, -0.25) is 4.79 Å². The number of carbonyl (C=O) groups excluding carboxylic acids is 1. The first-order valence-electron chi connectivity index (χ1n) is 5.08. The molecule has 0 unspecified atom stereocenters. The zero-order valence-electron chi connectivity index (χ0n) is 9.01. The Morgan fingerprint density at radius 2 is 1.88 bits per heavy atom. The molecule has 0 bridgehead atoms. The van der Waals surface area contributed by atoms with Crippen LogP contribution in [0.5, 0.6) is 0 Å². The third-order valence-electron chi connectivity index (χ3n) is 2.40. The predicted molar refractivity (Wildman–Crippen MR) is 62.9 cm³/mol. The van der Waals surface area contributed by atoms with Crippen molar-refractivity contribution in [2.45, 2.75) is 6.92 Å². The first kappa shape index (κ1) is 10.4. The molecule has 0 aliphatic carbocycles. The quantitative estimate of drug-likeness (QED) is 0.577. The van der Waals surface area contributed by atoms with E-state index in [1.54, 1.807) is 13.2 Å². The van der Waals surface area contributed by atoms with Gasteiger partial charge in [0.05, 0.1) is 6.26 Å². The van der Waals surface area contributed by atoms with E-state index < -0.39 is 0 Å². The number of furan rings is 1. The Kier molecular flexibility index (Phi) is 3.01. The van der Waals surface area contributed by atoms with Crippen LogP contribution >= 0.6 is 0 Å². The summed E-state index contributed by atoms with van der Waals surface area (Å²) in [5, 5.41) is 0. The molecule has 0 aliphatic rings. The zero-order valence-corrected chi connectivity index (χ0v) is 9.01. The van der Waals surface area contributed by atoms with Crippen LogP contribution in [0.4, 0.5) is 0 Å². The summed E-state index contributed by atoms with van der Waals surface area (Å²) in [4.78, 5) is 10.9. The molecule has 2 aromatic rings. The van der Waals surface area contributed by atoms with Gasteiger partial charge in [0.15, 0.2) is 0 Å². The molecule has 0 N–H and O–H groups in total. The summed E-state index contributed by atoms with van der Waals surface area (Å²) in [6.45, 7) is 1.79. The molecule has 80 valence electrons. The van der Waals surface area contributed by atoms with Crippen molar-refractivity contribution in [1.29, 1.82) is 0 Å². The molecule has 0 fully saturated rings. The number of rotatable bonds is 3. The Morgan fingerprint density at radius 1 is 1.12 bits per heavy atom. The van der Waals surface area contributed by atoms with Crippen molar-refractivity contribution in [2.24, 2.45) is 0 Å². The van der Waals surface area contributed by atoms with E-state index in [0.29, 0.717) is 5.57 Å². The summed E-state index contributed by atoms with van der Waals surface area (Å²) in [6.07, 6.45) is 2.46. The monoisotopic (exact) mass is 212 g/mol. The Labute approximate surface area is 94.2 Å². The summed E-state index contributed by atoms with van der Waals surface area (Å²) in [5.41, 5.74) is 2.50. The van der Waals surface area contributed by atoms with Crippen LogP contribution < -0.4 is 0 Å². The Hall–Kier alpha value is -2.09. The van der Waals surface area contributed by atoms with Crippen molar-refractivity contribution in [1.82, 2.24) is 0 Å². The lowest BCUT2D eigenvalue weighted by molar-refractivity contribution is -0.104. The maximum atomic E-state index is 10.9. The van der Waals surface area contributed by atoms with E-state index in [1.807, 2.05) is 42.5 Å². The van der Waals surface area contributed by atoms with Gasteiger partial charge < -0.3 is 4.42 Å². The highest BCUT2D eigenvalue weighted by molar-refractivity contribution is 5.92. The van der Waals surface area contributed by atoms with E-state index in [-0.39, 0.29) is 0 Å². The minimum absolute atomic E-state index is 0.668. The van der Waals surface area contributed by atoms with Crippen molar-refractivity contribution in [3.05, 3.63) is 65.6 Å². The average Bonchev–Trinajstić information content (AvgIpc) is 2.84. The lowest BCUT2D eigenvalue weighted by atomic mass is 9.99. The maximum Gasteiger partial charge on any atom is 0.146 e. The van der Waals surface area contributed by atoms with Crippen LogP contribution in [0.2, 0.25) is 0 Å². The lowest BCUT2D eigenvalue weighted by Gasteiger charge is -2.06. The second-order valence-corrected chi connectivity index (χ2v) is 3.52. The number of allylic oxidation sites excluding steroid dienone is 1. The topological polar surface area (TPSA) is 30.2 Å². The third kappa shape index (κ3) is 1.96. The average molecular weight is 212 g/mol. The second-order valence-electron chi connectivity index (χ2n) is 3.52. The van der Waals surface area contributed by atoms with E-state index >= 15 is 0 Å². The molecule has 0 atom stereocenters. The zero-order chi connectivity index (χ0) is 11.4. The fourth-order valence-electron chi connectivity index (χ4n) is 1.65. The smallest absolute Gasteiger partial charge is 0.146 e. The van der Waals surface area contributed by atoms with Crippen LogP contribution in [0.1, 0.15) is 18.2 Å². The fraction of sp³-hybridized carbons (Fsp3) is 0.0714. The Bertz CT molecular complexity index is 493. The van der Waals surface area contributed by atoms with Crippen LogP contribution in [-0.2, 0) is 4.79 Å². The number of hydrogen-bond acceptors (Lipinski definition) is 2. The summed E-state index contributed by atoms with van der Waals surface area (Å²) < 4.78 is 5.36. The van der Waals surface area contributed by atoms with Crippen molar-refractivity contribution >= 4 is 11.9 Å². The standard InChI is InChI=1S/C14H12O2/c1-11(10-15)14(13-8-5-9-16-13)12-6-3-2-4-7-12/h2-10H,1H3. The minimum atomic E-state index is 0.668. The lowest BCUT2D eigenvalue weighted by Crippen LogP contribution is -1.91. The number of carbonyl (C=O) groups is 1. The highest BCUT2D eigenvalue weighted by atomic mass is 16.3. The largest absolute Gasteiger partial charge is 0.464 e. The minimum Gasteiger partial charge on any atom is -0.464 e. The molecule has 2 heteroatoms. The normalized spacial score (nSPS) is 12.1. The van der Waals surface area contributed by atoms with Gasteiger partial charge in [0.25, 0.3) is 0 Å². The Morgan fingerprint density at radius 3 is 2.44 bits per heavy atom. The van der Waals surface area contributed by atoms with Gasteiger partial charge in [0.2, 0.25) is 0 Å². The summed E-state index contributed by atoms with van der Waals surface area (Å²) in [7, 11) is 0. The number of aldehydes is 1. The van der Waals surface area contributed by atoms with Gasteiger partial charge in [0.1, 0.15) is 12.0 Å². The van der Waals surface area contributed by atoms with E-state index in [0.717, 1.165) is 23.2 Å². The van der Waals surface area contributed by atoms with Crippen LogP contribution in [-0.4, -0.2) is 6.29 Å². The molecular weight excluding hydrogens is 200 g/mol. The van der Waals surface area contributed by atoms with E-state index in [4.69, 9.17) is 4.42 Å². The molecule has 1 aromatic heterocycles. The molecule has 0 radical (unpaired) electrons. The molecule has 16 heavy (non-hydrogen) atoms. The predicted octanol–water partition coefficient (Wildman–Crippen LogP) is 3.30. The van der Waals surface area contributed by atoms with Crippen molar-refractivity contribution < 1.29 is 9.21 Å². The van der Waals surface area contributed by atoms with E-state index in [1.165, 1.54) is 0 Å². The molecule has 0 aliphatic heterocycles. The van der Waals surface area contributed by atoms with Gasteiger partial charge in [-0.25, -0.2) is 0 Å². The maximum absolute atomic E-state index is 10.9. The van der Waals surface area contributed by atoms with E-state index in [2.05, 4.69) is 0 Å². The van der Waals surface area contributed by atoms with Gasteiger partial charge in [-0.15, -0.1) is 0 Å². The SMILES string of the molecule is CC(C=O)=C(c1ccccc1)c1ccco1. The highest BCUT2D eigenvalue weighted by Crippen LogP contribution is 2.26.